The van der Waals surface area contributed by atoms with E-state index in [0.717, 1.165) is 0 Å². The molecule has 1 heterocycles. The molecule has 5 nitrogen and oxygen atoms in total. The Kier molecular flexibility index (Phi) is 5.28. The molecular weight excluding hydrogens is 323 g/mol. The molecule has 0 bridgehead atoms. The van der Waals surface area contributed by atoms with Crippen LogP contribution in [0.4, 0.5) is 4.39 Å². The maximum Gasteiger partial charge on any atom is 0.339 e. The molecule has 2 rings (SSSR count). The number of ether oxygens (including phenoxy) is 1. The number of benzene rings is 1. The molecule has 0 atom stereocenters. The largest absolute Gasteiger partial charge is 0.465 e. The third-order valence-corrected chi connectivity index (χ3v) is 3.52. The van der Waals surface area contributed by atoms with Crippen LogP contribution in [-0.4, -0.2) is 35.9 Å². The van der Waals surface area contributed by atoms with Crippen LogP contribution in [0.2, 0.25) is 5.02 Å². The standard InChI is InChI=1S/C16H14ClFN2O3/c1-20(9-11-3-5-12(18)7-13(11)17)15(21)14-6-4-10(8-19-14)16(22)23-2/h3-8H,9H2,1-2H3. The van der Waals surface area contributed by atoms with Crippen LogP contribution in [0.1, 0.15) is 26.4 Å². The monoisotopic (exact) mass is 336 g/mol. The van der Waals surface area contributed by atoms with E-state index in [2.05, 4.69) is 9.72 Å². The lowest BCUT2D eigenvalue weighted by atomic mass is 10.2. The SMILES string of the molecule is COC(=O)c1ccc(C(=O)N(C)Cc2ccc(F)cc2Cl)nc1. The van der Waals surface area contributed by atoms with Crippen molar-refractivity contribution in [3.8, 4) is 0 Å². The first kappa shape index (κ1) is 16.9. The van der Waals surface area contributed by atoms with E-state index in [1.165, 1.54) is 48.5 Å². The predicted molar refractivity (Wildman–Crippen MR) is 82.8 cm³/mol. The van der Waals surface area contributed by atoms with Crippen LogP contribution in [0.15, 0.2) is 36.5 Å². The van der Waals surface area contributed by atoms with E-state index >= 15 is 0 Å². The smallest absolute Gasteiger partial charge is 0.339 e. The lowest BCUT2D eigenvalue weighted by Gasteiger charge is -2.17. The number of aromatic nitrogens is 1. The predicted octanol–water partition coefficient (Wildman–Crippen LogP) is 2.93. The average molecular weight is 337 g/mol. The van der Waals surface area contributed by atoms with Gasteiger partial charge in [-0.05, 0) is 29.8 Å². The van der Waals surface area contributed by atoms with Crippen LogP contribution >= 0.6 is 11.6 Å². The van der Waals surface area contributed by atoms with Gasteiger partial charge in [-0.25, -0.2) is 9.18 Å². The Morgan fingerprint density at radius 1 is 1.30 bits per heavy atom. The number of hydrogen-bond donors (Lipinski definition) is 0. The molecule has 0 saturated carbocycles. The van der Waals surface area contributed by atoms with Gasteiger partial charge >= 0.3 is 5.97 Å². The van der Waals surface area contributed by atoms with Gasteiger partial charge in [-0.2, -0.15) is 0 Å². The Morgan fingerprint density at radius 3 is 2.61 bits per heavy atom. The molecule has 1 aromatic carbocycles. The van der Waals surface area contributed by atoms with Crippen LogP contribution in [0.3, 0.4) is 0 Å². The van der Waals surface area contributed by atoms with Gasteiger partial charge in [0.05, 0.1) is 12.7 Å². The third kappa shape index (κ3) is 4.04. The molecule has 0 fully saturated rings. The fourth-order valence-corrected chi connectivity index (χ4v) is 2.16. The Hall–Kier alpha value is -2.47. The van der Waals surface area contributed by atoms with E-state index in [4.69, 9.17) is 11.6 Å². The van der Waals surface area contributed by atoms with E-state index < -0.39 is 11.8 Å². The van der Waals surface area contributed by atoms with Gasteiger partial charge < -0.3 is 9.64 Å². The summed E-state index contributed by atoms with van der Waals surface area (Å²) in [5.41, 5.74) is 1.06. The molecule has 0 unspecified atom stereocenters. The summed E-state index contributed by atoms with van der Waals surface area (Å²) < 4.78 is 17.6. The second-order valence-electron chi connectivity index (χ2n) is 4.82. The summed E-state index contributed by atoms with van der Waals surface area (Å²) in [4.78, 5) is 29.0. The van der Waals surface area contributed by atoms with Gasteiger partial charge in [-0.15, -0.1) is 0 Å². The van der Waals surface area contributed by atoms with Gasteiger partial charge in [0.2, 0.25) is 0 Å². The lowest BCUT2D eigenvalue weighted by Crippen LogP contribution is -2.27. The van der Waals surface area contributed by atoms with E-state index in [9.17, 15) is 14.0 Å². The molecule has 1 aromatic heterocycles. The van der Waals surface area contributed by atoms with Crippen molar-refractivity contribution in [1.29, 1.82) is 0 Å². The maximum absolute atomic E-state index is 13.0. The number of esters is 1. The van der Waals surface area contributed by atoms with Crippen LogP contribution in [0, 0.1) is 5.82 Å². The van der Waals surface area contributed by atoms with Crippen molar-refractivity contribution in [3.63, 3.8) is 0 Å². The third-order valence-electron chi connectivity index (χ3n) is 3.17. The van der Waals surface area contributed by atoms with Gasteiger partial charge in [0.25, 0.3) is 5.91 Å². The zero-order valence-electron chi connectivity index (χ0n) is 12.5. The molecule has 0 spiro atoms. The molecule has 0 aliphatic heterocycles. The van der Waals surface area contributed by atoms with Crippen molar-refractivity contribution < 1.29 is 18.7 Å². The molecule has 0 aliphatic rings. The lowest BCUT2D eigenvalue weighted by molar-refractivity contribution is 0.0599. The fourth-order valence-electron chi connectivity index (χ4n) is 1.93. The van der Waals surface area contributed by atoms with E-state index in [1.807, 2.05) is 0 Å². The van der Waals surface area contributed by atoms with E-state index in [0.29, 0.717) is 5.56 Å². The number of amides is 1. The van der Waals surface area contributed by atoms with Crippen molar-refractivity contribution in [1.82, 2.24) is 9.88 Å². The zero-order valence-corrected chi connectivity index (χ0v) is 13.3. The summed E-state index contributed by atoms with van der Waals surface area (Å²) in [5.74, 6) is -1.31. The molecule has 2 aromatic rings. The molecule has 0 N–H and O–H groups in total. The molecule has 23 heavy (non-hydrogen) atoms. The van der Waals surface area contributed by atoms with E-state index in [-0.39, 0.29) is 28.7 Å². The summed E-state index contributed by atoms with van der Waals surface area (Å²) in [6.07, 6.45) is 1.28. The normalized spacial score (nSPS) is 10.3. The molecule has 7 heteroatoms. The van der Waals surface area contributed by atoms with Crippen molar-refractivity contribution in [3.05, 3.63) is 64.2 Å². The number of methoxy groups -OCH3 is 1. The number of pyridine rings is 1. The van der Waals surface area contributed by atoms with Gasteiger partial charge in [0.1, 0.15) is 11.5 Å². The van der Waals surface area contributed by atoms with Crippen LogP contribution in [-0.2, 0) is 11.3 Å². The molecule has 120 valence electrons. The molecule has 0 saturated heterocycles. The number of nitrogens with zero attached hydrogens (tertiary/aromatic N) is 2. The Bertz CT molecular complexity index is 735. The van der Waals surface area contributed by atoms with E-state index in [1.54, 1.807) is 7.05 Å². The highest BCUT2D eigenvalue weighted by atomic mass is 35.5. The van der Waals surface area contributed by atoms with Gasteiger partial charge in [0, 0.05) is 24.8 Å². The van der Waals surface area contributed by atoms with Gasteiger partial charge in [-0.1, -0.05) is 17.7 Å². The molecular formula is C16H14ClFN2O3. The summed E-state index contributed by atoms with van der Waals surface area (Å²) in [5, 5.41) is 0.249. The minimum absolute atomic E-state index is 0.179. The minimum Gasteiger partial charge on any atom is -0.465 e. The van der Waals surface area contributed by atoms with Crippen LogP contribution < -0.4 is 0 Å². The fraction of sp³-hybridized carbons (Fsp3) is 0.188. The Balaban J connectivity index is 2.11. The van der Waals surface area contributed by atoms with Crippen LogP contribution in [0.5, 0.6) is 0 Å². The van der Waals surface area contributed by atoms with Crippen molar-refractivity contribution >= 4 is 23.5 Å². The highest BCUT2D eigenvalue weighted by Gasteiger charge is 2.16. The number of halogens is 2. The van der Waals surface area contributed by atoms with Gasteiger partial charge in [-0.3, -0.25) is 9.78 Å². The molecule has 1 amide bonds. The summed E-state index contributed by atoms with van der Waals surface area (Å²) >= 11 is 5.95. The summed E-state index contributed by atoms with van der Waals surface area (Å²) in [6, 6.07) is 6.90. The summed E-state index contributed by atoms with van der Waals surface area (Å²) in [7, 11) is 2.85. The number of hydrogen-bond acceptors (Lipinski definition) is 4. The van der Waals surface area contributed by atoms with Crippen molar-refractivity contribution in [2.75, 3.05) is 14.2 Å². The average Bonchev–Trinajstić information content (AvgIpc) is 2.56. The second-order valence-corrected chi connectivity index (χ2v) is 5.23. The summed E-state index contributed by atoms with van der Waals surface area (Å²) in [6.45, 7) is 0.207. The van der Waals surface area contributed by atoms with Crippen molar-refractivity contribution in [2.45, 2.75) is 6.54 Å². The highest BCUT2D eigenvalue weighted by molar-refractivity contribution is 6.31. The first-order valence-corrected chi connectivity index (χ1v) is 7.04. The van der Waals surface area contributed by atoms with Gasteiger partial charge in [0.15, 0.2) is 0 Å². The first-order valence-electron chi connectivity index (χ1n) is 6.66. The first-order chi connectivity index (χ1) is 10.9. The number of carbonyl (C=O) groups excluding carboxylic acids is 2. The Morgan fingerprint density at radius 2 is 2.04 bits per heavy atom. The van der Waals surface area contributed by atoms with Crippen LogP contribution in [0.25, 0.3) is 0 Å². The highest BCUT2D eigenvalue weighted by Crippen LogP contribution is 2.19. The zero-order chi connectivity index (χ0) is 17.0. The number of carbonyl (C=O) groups is 2. The second kappa shape index (κ2) is 7.19. The topological polar surface area (TPSA) is 59.5 Å². The Labute approximate surface area is 137 Å². The molecule has 0 radical (unpaired) electrons. The number of rotatable bonds is 4. The quantitative estimate of drug-likeness (QED) is 0.805. The molecule has 0 aliphatic carbocycles. The minimum atomic E-state index is -0.525. The maximum atomic E-state index is 13.0. The van der Waals surface area contributed by atoms with Crippen molar-refractivity contribution in [2.24, 2.45) is 0 Å².